The smallest absolute Gasteiger partial charge is 0.326 e. The Labute approximate surface area is 236 Å². The summed E-state index contributed by atoms with van der Waals surface area (Å²) >= 11 is 12.2. The molecule has 3 aromatic rings. The number of carboxylic acid groups (broad SMARTS) is 1. The van der Waals surface area contributed by atoms with E-state index in [0.29, 0.717) is 17.7 Å². The fourth-order valence-electron chi connectivity index (χ4n) is 4.19. The highest BCUT2D eigenvalue weighted by Gasteiger charge is 2.43. The molecule has 0 aliphatic carbocycles. The monoisotopic (exact) mass is 567 g/mol. The van der Waals surface area contributed by atoms with Gasteiger partial charge in [0.05, 0.1) is 21.3 Å². The molecule has 8 nitrogen and oxygen atoms in total. The van der Waals surface area contributed by atoms with Crippen molar-refractivity contribution in [1.82, 2.24) is 5.32 Å². The van der Waals surface area contributed by atoms with Crippen LogP contribution < -0.4 is 10.6 Å². The van der Waals surface area contributed by atoms with Crippen molar-refractivity contribution >= 4 is 52.4 Å². The summed E-state index contributed by atoms with van der Waals surface area (Å²) < 4.78 is 0. The van der Waals surface area contributed by atoms with Gasteiger partial charge in [0.2, 0.25) is 5.60 Å². The Hall–Kier alpha value is -3.88. The van der Waals surface area contributed by atoms with E-state index in [2.05, 4.69) is 15.8 Å². The molecule has 1 aliphatic rings. The first-order chi connectivity index (χ1) is 18.6. The van der Waals surface area contributed by atoms with E-state index in [1.165, 1.54) is 0 Å². The summed E-state index contributed by atoms with van der Waals surface area (Å²) in [5.41, 5.74) is 1.90. The molecule has 0 saturated heterocycles. The SMILES string of the molecule is CC1(C(=O)NC(Cc2ccc(NC(=O)c3c(Cl)cccc3Cl)cc2)C(=O)O)CC(CCc2ccccc2)=NO1. The third kappa shape index (κ3) is 7.16. The third-order valence-electron chi connectivity index (χ3n) is 6.39. The first-order valence-electron chi connectivity index (χ1n) is 12.3. The van der Waals surface area contributed by atoms with E-state index in [1.807, 2.05) is 30.3 Å². The quantitative estimate of drug-likeness (QED) is 0.298. The highest BCUT2D eigenvalue weighted by molar-refractivity contribution is 6.40. The van der Waals surface area contributed by atoms with Crippen LogP contribution in [0.15, 0.2) is 78.0 Å². The number of carboxylic acids is 1. The van der Waals surface area contributed by atoms with Crippen molar-refractivity contribution in [1.29, 1.82) is 0 Å². The molecule has 0 spiro atoms. The molecule has 1 heterocycles. The molecule has 0 saturated carbocycles. The average Bonchev–Trinajstić information content (AvgIpc) is 3.30. The fourth-order valence-corrected chi connectivity index (χ4v) is 4.76. The molecule has 0 aromatic heterocycles. The maximum absolute atomic E-state index is 13.0. The Bertz CT molecular complexity index is 1380. The van der Waals surface area contributed by atoms with Crippen LogP contribution in [0.5, 0.6) is 0 Å². The summed E-state index contributed by atoms with van der Waals surface area (Å²) in [4.78, 5) is 43.0. The highest BCUT2D eigenvalue weighted by atomic mass is 35.5. The van der Waals surface area contributed by atoms with Crippen LogP contribution in [0.1, 0.15) is 41.3 Å². The van der Waals surface area contributed by atoms with Gasteiger partial charge >= 0.3 is 5.97 Å². The number of halogens is 2. The maximum atomic E-state index is 13.0. The van der Waals surface area contributed by atoms with Gasteiger partial charge in [-0.15, -0.1) is 0 Å². The number of benzene rings is 3. The van der Waals surface area contributed by atoms with Crippen LogP contribution in [-0.4, -0.2) is 40.2 Å². The van der Waals surface area contributed by atoms with Crippen LogP contribution in [-0.2, 0) is 27.3 Å². The van der Waals surface area contributed by atoms with E-state index in [0.717, 1.165) is 17.7 Å². The molecule has 3 aromatic carbocycles. The van der Waals surface area contributed by atoms with Crippen LogP contribution in [0.25, 0.3) is 0 Å². The van der Waals surface area contributed by atoms with Crippen molar-refractivity contribution in [3.05, 3.63) is 99.5 Å². The second-order valence-electron chi connectivity index (χ2n) is 9.46. The van der Waals surface area contributed by atoms with Crippen LogP contribution in [0.3, 0.4) is 0 Å². The number of nitrogens with one attached hydrogen (secondary N) is 2. The summed E-state index contributed by atoms with van der Waals surface area (Å²) in [7, 11) is 0. The number of anilines is 1. The van der Waals surface area contributed by atoms with E-state index in [4.69, 9.17) is 28.0 Å². The van der Waals surface area contributed by atoms with Gasteiger partial charge < -0.3 is 20.6 Å². The van der Waals surface area contributed by atoms with Crippen molar-refractivity contribution < 1.29 is 24.3 Å². The number of aliphatic carboxylic acids is 1. The summed E-state index contributed by atoms with van der Waals surface area (Å²) in [5, 5.41) is 19.6. The number of nitrogens with zero attached hydrogens (tertiary/aromatic N) is 1. The predicted molar refractivity (Wildman–Crippen MR) is 150 cm³/mol. The van der Waals surface area contributed by atoms with Gasteiger partial charge in [-0.3, -0.25) is 9.59 Å². The Morgan fingerprint density at radius 2 is 1.62 bits per heavy atom. The zero-order valence-corrected chi connectivity index (χ0v) is 22.6. The van der Waals surface area contributed by atoms with E-state index in [9.17, 15) is 19.5 Å². The van der Waals surface area contributed by atoms with E-state index in [-0.39, 0.29) is 28.5 Å². The number of rotatable bonds is 10. The molecule has 3 N–H and O–H groups in total. The number of carbonyl (C=O) groups excluding carboxylic acids is 2. The van der Waals surface area contributed by atoms with E-state index < -0.39 is 29.4 Å². The van der Waals surface area contributed by atoms with Gasteiger partial charge in [-0.05, 0) is 55.2 Å². The molecule has 39 heavy (non-hydrogen) atoms. The molecule has 0 radical (unpaired) electrons. The van der Waals surface area contributed by atoms with Gasteiger partial charge in [0.1, 0.15) is 6.04 Å². The van der Waals surface area contributed by atoms with Gasteiger partial charge in [0, 0.05) is 18.5 Å². The topological polar surface area (TPSA) is 117 Å². The van der Waals surface area contributed by atoms with Crippen LogP contribution >= 0.6 is 23.2 Å². The molecular formula is C29H27Cl2N3O5. The minimum Gasteiger partial charge on any atom is -0.480 e. The van der Waals surface area contributed by atoms with Gasteiger partial charge in [0.15, 0.2) is 0 Å². The number of oxime groups is 1. The van der Waals surface area contributed by atoms with E-state index in [1.54, 1.807) is 49.4 Å². The summed E-state index contributed by atoms with van der Waals surface area (Å²) in [6.07, 6.45) is 1.71. The number of aryl methyl sites for hydroxylation is 1. The molecule has 4 rings (SSSR count). The lowest BCUT2D eigenvalue weighted by molar-refractivity contribution is -0.148. The number of hydrogen-bond acceptors (Lipinski definition) is 5. The lowest BCUT2D eigenvalue weighted by Crippen LogP contribution is -2.51. The molecule has 0 bridgehead atoms. The van der Waals surface area contributed by atoms with E-state index >= 15 is 0 Å². The highest BCUT2D eigenvalue weighted by Crippen LogP contribution is 2.27. The number of hydrogen-bond donors (Lipinski definition) is 3. The minimum atomic E-state index is -1.28. The average molecular weight is 568 g/mol. The maximum Gasteiger partial charge on any atom is 0.326 e. The second kappa shape index (κ2) is 12.3. The van der Waals surface area contributed by atoms with Crippen LogP contribution in [0.2, 0.25) is 10.0 Å². The Kier molecular flexibility index (Phi) is 8.89. The first kappa shape index (κ1) is 28.1. The van der Waals surface area contributed by atoms with Crippen LogP contribution in [0, 0.1) is 0 Å². The van der Waals surface area contributed by atoms with Crippen LogP contribution in [0.4, 0.5) is 5.69 Å². The van der Waals surface area contributed by atoms with Crippen molar-refractivity contribution in [2.45, 2.75) is 44.2 Å². The van der Waals surface area contributed by atoms with Gasteiger partial charge in [0.25, 0.3) is 11.8 Å². The lowest BCUT2D eigenvalue weighted by atomic mass is 9.94. The molecule has 2 unspecified atom stereocenters. The van der Waals surface area contributed by atoms with Gasteiger partial charge in [-0.1, -0.05) is 76.9 Å². The normalized spacial score (nSPS) is 17.1. The lowest BCUT2D eigenvalue weighted by Gasteiger charge is -2.23. The minimum absolute atomic E-state index is 0.0312. The Morgan fingerprint density at radius 3 is 2.26 bits per heavy atom. The number of amides is 2. The zero-order chi connectivity index (χ0) is 28.0. The molecule has 10 heteroatoms. The second-order valence-corrected chi connectivity index (χ2v) is 10.3. The van der Waals surface area contributed by atoms with Crippen molar-refractivity contribution in [3.8, 4) is 0 Å². The Balaban J connectivity index is 1.33. The molecule has 202 valence electrons. The predicted octanol–water partition coefficient (Wildman–Crippen LogP) is 5.53. The Morgan fingerprint density at radius 1 is 0.949 bits per heavy atom. The molecule has 2 atom stereocenters. The standard InChI is InChI=1S/C29H27Cl2N3O5/c1-29(17-21(34-39-29)15-10-18-6-3-2-4-7-18)28(38)33-24(27(36)37)16-19-11-13-20(14-12-19)32-26(35)25-22(30)8-5-9-23(25)31/h2-9,11-14,24H,10,15-17H2,1H3,(H,32,35)(H,33,38)(H,36,37). The molecule has 1 aliphatic heterocycles. The molecule has 0 fully saturated rings. The van der Waals surface area contributed by atoms with Gasteiger partial charge in [-0.25, -0.2) is 4.79 Å². The summed E-state index contributed by atoms with van der Waals surface area (Å²) in [6.45, 7) is 1.60. The van der Waals surface area contributed by atoms with Crippen molar-refractivity contribution in [3.63, 3.8) is 0 Å². The number of carbonyl (C=O) groups is 3. The van der Waals surface area contributed by atoms with Gasteiger partial charge in [-0.2, -0.15) is 0 Å². The molecular weight excluding hydrogens is 541 g/mol. The molecule has 2 amide bonds. The largest absolute Gasteiger partial charge is 0.480 e. The zero-order valence-electron chi connectivity index (χ0n) is 21.1. The fraction of sp³-hybridized carbons (Fsp3) is 0.241. The first-order valence-corrected chi connectivity index (χ1v) is 13.1. The summed E-state index contributed by atoms with van der Waals surface area (Å²) in [5.74, 6) is -2.20. The third-order valence-corrected chi connectivity index (χ3v) is 7.02. The summed E-state index contributed by atoms with van der Waals surface area (Å²) in [6, 6.07) is 20.1. The van der Waals surface area contributed by atoms with Crippen molar-refractivity contribution in [2.75, 3.05) is 5.32 Å². The van der Waals surface area contributed by atoms with Crippen molar-refractivity contribution in [2.24, 2.45) is 5.16 Å².